The molecule has 9 atom stereocenters. The Morgan fingerprint density at radius 3 is 2.42 bits per heavy atom. The summed E-state index contributed by atoms with van der Waals surface area (Å²) >= 11 is 0. The topological polar surface area (TPSA) is 40.5 Å². The van der Waals surface area contributed by atoms with Crippen LogP contribution in [0.3, 0.4) is 0 Å². The summed E-state index contributed by atoms with van der Waals surface area (Å²) in [6.45, 7) is 16.0. The predicted octanol–water partition coefficient (Wildman–Crippen LogP) is 7.14. The van der Waals surface area contributed by atoms with Gasteiger partial charge in [-0.3, -0.25) is 0 Å². The first-order valence-electron chi connectivity index (χ1n) is 13.4. The Morgan fingerprint density at radius 2 is 1.74 bits per heavy atom. The molecule has 0 aromatic heterocycles. The third-order valence-electron chi connectivity index (χ3n) is 11.5. The first kappa shape index (κ1) is 23.8. The molecule has 4 rings (SSSR count). The minimum Gasteiger partial charge on any atom is -0.390 e. The summed E-state index contributed by atoms with van der Waals surface area (Å²) in [6, 6.07) is 0. The van der Waals surface area contributed by atoms with Crippen LogP contribution < -0.4 is 0 Å². The molecular formula is C29H50O2. The van der Waals surface area contributed by atoms with Crippen molar-refractivity contribution in [1.29, 1.82) is 0 Å². The zero-order valence-electron chi connectivity index (χ0n) is 21.5. The summed E-state index contributed by atoms with van der Waals surface area (Å²) < 4.78 is 0. The SMILES string of the molecule is CC(C)[C@@](C)(O)CC[C@@H](C)C1CC[C@H]2[C@@H]3CC=C4C[C@@](C)(O)CC[C@]4(C)[C@H]3CC[C@]12C. The lowest BCUT2D eigenvalue weighted by Crippen LogP contribution is -2.52. The zero-order chi connectivity index (χ0) is 22.8. The molecule has 2 N–H and O–H groups in total. The molecule has 0 aliphatic heterocycles. The molecule has 3 fully saturated rings. The first-order chi connectivity index (χ1) is 14.3. The van der Waals surface area contributed by atoms with E-state index in [1.807, 2.05) is 13.8 Å². The Bertz CT molecular complexity index is 704. The van der Waals surface area contributed by atoms with Crippen LogP contribution in [0.2, 0.25) is 0 Å². The molecular weight excluding hydrogens is 380 g/mol. The molecule has 4 aliphatic carbocycles. The third-order valence-corrected chi connectivity index (χ3v) is 11.5. The van der Waals surface area contributed by atoms with Crippen LogP contribution in [0.15, 0.2) is 11.6 Å². The van der Waals surface area contributed by atoms with E-state index in [9.17, 15) is 10.2 Å². The molecule has 2 heteroatoms. The molecule has 0 saturated heterocycles. The lowest BCUT2D eigenvalue weighted by atomic mass is 9.46. The largest absolute Gasteiger partial charge is 0.390 e. The van der Waals surface area contributed by atoms with Gasteiger partial charge in [-0.2, -0.15) is 0 Å². The van der Waals surface area contributed by atoms with Gasteiger partial charge in [0.05, 0.1) is 11.2 Å². The highest BCUT2D eigenvalue weighted by Gasteiger charge is 2.59. The van der Waals surface area contributed by atoms with Gasteiger partial charge in [-0.1, -0.05) is 46.3 Å². The molecule has 1 unspecified atom stereocenters. The first-order valence-corrected chi connectivity index (χ1v) is 13.4. The van der Waals surface area contributed by atoms with Crippen LogP contribution in [-0.4, -0.2) is 21.4 Å². The molecule has 0 heterocycles. The van der Waals surface area contributed by atoms with Crippen molar-refractivity contribution < 1.29 is 10.2 Å². The van der Waals surface area contributed by atoms with Crippen LogP contribution in [-0.2, 0) is 0 Å². The summed E-state index contributed by atoms with van der Waals surface area (Å²) in [5.74, 6) is 4.35. The second-order valence-electron chi connectivity index (χ2n) is 13.7. The Labute approximate surface area is 192 Å². The Hall–Kier alpha value is -0.340. The highest BCUT2D eigenvalue weighted by atomic mass is 16.3. The van der Waals surface area contributed by atoms with Gasteiger partial charge in [-0.15, -0.1) is 0 Å². The molecule has 178 valence electrons. The molecule has 3 saturated carbocycles. The van der Waals surface area contributed by atoms with E-state index in [-0.39, 0.29) is 0 Å². The van der Waals surface area contributed by atoms with Crippen molar-refractivity contribution in [2.45, 2.75) is 124 Å². The van der Waals surface area contributed by atoms with E-state index in [0.29, 0.717) is 22.7 Å². The normalized spacial score (nSPS) is 47.7. The summed E-state index contributed by atoms with van der Waals surface area (Å²) in [7, 11) is 0. The van der Waals surface area contributed by atoms with Gasteiger partial charge in [0.2, 0.25) is 0 Å². The lowest BCUT2D eigenvalue weighted by Gasteiger charge is -2.59. The lowest BCUT2D eigenvalue weighted by molar-refractivity contribution is -0.0721. The maximum absolute atomic E-state index is 10.8. The number of fused-ring (bicyclic) bond motifs is 5. The van der Waals surface area contributed by atoms with E-state index < -0.39 is 11.2 Å². The Morgan fingerprint density at radius 1 is 1.03 bits per heavy atom. The van der Waals surface area contributed by atoms with Crippen LogP contribution in [0.4, 0.5) is 0 Å². The van der Waals surface area contributed by atoms with Crippen molar-refractivity contribution in [3.63, 3.8) is 0 Å². The monoisotopic (exact) mass is 430 g/mol. The molecule has 2 nitrogen and oxygen atoms in total. The van der Waals surface area contributed by atoms with Crippen LogP contribution in [0, 0.1) is 46.3 Å². The maximum Gasteiger partial charge on any atom is 0.0657 e. The number of hydrogen-bond acceptors (Lipinski definition) is 2. The van der Waals surface area contributed by atoms with Gasteiger partial charge >= 0.3 is 0 Å². The molecule has 0 aromatic rings. The standard InChI is InChI=1S/C29H50O2/c1-19(2)29(7,31)15-12-20(3)23-10-11-24-22-9-8-21-18-26(4,30)16-17-27(21,5)25(22)13-14-28(23,24)6/h8,19-20,22-25,30-31H,9-18H2,1-7H3/t20-,22+,23?,24+,25+,26+,27+,28-,29+/m1/s1. The summed E-state index contributed by atoms with van der Waals surface area (Å²) in [5.41, 5.74) is 1.35. The van der Waals surface area contributed by atoms with Gasteiger partial charge in [0, 0.05) is 0 Å². The van der Waals surface area contributed by atoms with Gasteiger partial charge < -0.3 is 10.2 Å². The van der Waals surface area contributed by atoms with Crippen molar-refractivity contribution in [3.8, 4) is 0 Å². The fourth-order valence-corrected chi connectivity index (χ4v) is 8.79. The van der Waals surface area contributed by atoms with Crippen LogP contribution in [0.5, 0.6) is 0 Å². The molecule has 0 spiro atoms. The van der Waals surface area contributed by atoms with Gasteiger partial charge in [0.25, 0.3) is 0 Å². The van der Waals surface area contributed by atoms with Crippen LogP contribution >= 0.6 is 0 Å². The number of rotatable bonds is 5. The van der Waals surface area contributed by atoms with Gasteiger partial charge in [0.15, 0.2) is 0 Å². The molecule has 0 amide bonds. The summed E-state index contributed by atoms with van der Waals surface area (Å²) in [6.07, 6.45) is 14.5. The van der Waals surface area contributed by atoms with Gasteiger partial charge in [0.1, 0.15) is 0 Å². The van der Waals surface area contributed by atoms with E-state index in [4.69, 9.17) is 0 Å². The zero-order valence-corrected chi connectivity index (χ0v) is 21.5. The Kier molecular flexibility index (Phi) is 6.04. The average molecular weight is 431 g/mol. The maximum atomic E-state index is 10.8. The molecule has 0 radical (unpaired) electrons. The van der Waals surface area contributed by atoms with Crippen molar-refractivity contribution in [2.24, 2.45) is 46.3 Å². The molecule has 31 heavy (non-hydrogen) atoms. The van der Waals surface area contributed by atoms with E-state index in [2.05, 4.69) is 40.7 Å². The van der Waals surface area contributed by atoms with E-state index in [0.717, 1.165) is 49.4 Å². The third kappa shape index (κ3) is 3.96. The van der Waals surface area contributed by atoms with Crippen molar-refractivity contribution in [2.75, 3.05) is 0 Å². The van der Waals surface area contributed by atoms with Crippen molar-refractivity contribution >= 4 is 0 Å². The van der Waals surface area contributed by atoms with E-state index >= 15 is 0 Å². The highest BCUT2D eigenvalue weighted by molar-refractivity contribution is 5.26. The molecule has 0 bridgehead atoms. The number of hydrogen-bond donors (Lipinski definition) is 2. The minimum atomic E-state index is -0.536. The average Bonchev–Trinajstić information content (AvgIpc) is 3.04. The Balaban J connectivity index is 1.49. The number of allylic oxidation sites excluding steroid dienone is 1. The van der Waals surface area contributed by atoms with E-state index in [1.165, 1.54) is 38.5 Å². The fraction of sp³-hybridized carbons (Fsp3) is 0.931. The predicted molar refractivity (Wildman–Crippen MR) is 130 cm³/mol. The van der Waals surface area contributed by atoms with Gasteiger partial charge in [-0.05, 0) is 124 Å². The molecule has 0 aromatic carbocycles. The van der Waals surface area contributed by atoms with Crippen LogP contribution in [0.25, 0.3) is 0 Å². The highest BCUT2D eigenvalue weighted by Crippen LogP contribution is 2.67. The van der Waals surface area contributed by atoms with Crippen molar-refractivity contribution in [3.05, 3.63) is 11.6 Å². The summed E-state index contributed by atoms with van der Waals surface area (Å²) in [4.78, 5) is 0. The smallest absolute Gasteiger partial charge is 0.0657 e. The fourth-order valence-electron chi connectivity index (χ4n) is 8.79. The number of aliphatic hydroxyl groups is 2. The van der Waals surface area contributed by atoms with Crippen molar-refractivity contribution in [1.82, 2.24) is 0 Å². The molecule has 4 aliphatic rings. The summed E-state index contributed by atoms with van der Waals surface area (Å²) in [5, 5.41) is 21.5. The minimum absolute atomic E-state index is 0.322. The second kappa shape index (κ2) is 7.86. The second-order valence-corrected chi connectivity index (χ2v) is 13.7. The van der Waals surface area contributed by atoms with Gasteiger partial charge in [-0.25, -0.2) is 0 Å². The van der Waals surface area contributed by atoms with Crippen LogP contribution in [0.1, 0.15) is 113 Å². The quantitative estimate of drug-likeness (QED) is 0.455. The van der Waals surface area contributed by atoms with E-state index in [1.54, 1.807) is 5.57 Å².